The molecule has 2 heterocycles. The Morgan fingerprint density at radius 3 is 2.52 bits per heavy atom. The molecule has 21 heavy (non-hydrogen) atoms. The van der Waals surface area contributed by atoms with Crippen LogP contribution in [0.25, 0.3) is 11.0 Å². The third-order valence-electron chi connectivity index (χ3n) is 3.04. The molecule has 0 saturated carbocycles. The van der Waals surface area contributed by atoms with E-state index in [9.17, 15) is 8.42 Å². The van der Waals surface area contributed by atoms with Gasteiger partial charge in [0.25, 0.3) is 10.0 Å². The monoisotopic (exact) mass is 414 g/mol. The zero-order valence-corrected chi connectivity index (χ0v) is 14.0. The highest BCUT2D eigenvalue weighted by atomic mass is 127. The Kier molecular flexibility index (Phi) is 3.62. The lowest BCUT2D eigenvalue weighted by atomic mass is 10.4. The molecule has 108 valence electrons. The van der Waals surface area contributed by atoms with Crippen molar-refractivity contribution in [1.82, 2.24) is 8.96 Å². The van der Waals surface area contributed by atoms with E-state index in [2.05, 4.69) is 4.98 Å². The van der Waals surface area contributed by atoms with Crippen molar-refractivity contribution < 1.29 is 13.2 Å². The largest absolute Gasteiger partial charge is 0.481 e. The van der Waals surface area contributed by atoms with Gasteiger partial charge in [0.05, 0.1) is 26.7 Å². The van der Waals surface area contributed by atoms with E-state index in [4.69, 9.17) is 4.74 Å². The quantitative estimate of drug-likeness (QED) is 0.619. The van der Waals surface area contributed by atoms with Crippen molar-refractivity contribution in [2.75, 3.05) is 7.11 Å². The van der Waals surface area contributed by atoms with Gasteiger partial charge in [-0.15, -0.1) is 0 Å². The molecule has 0 aliphatic rings. The number of hydrogen-bond donors (Lipinski definition) is 0. The van der Waals surface area contributed by atoms with Gasteiger partial charge in [-0.25, -0.2) is 17.4 Å². The molecule has 5 nitrogen and oxygen atoms in total. The number of nitrogens with zero attached hydrogens (tertiary/aromatic N) is 2. The topological polar surface area (TPSA) is 61.2 Å². The maximum atomic E-state index is 12.8. The number of methoxy groups -OCH3 is 1. The predicted octanol–water partition coefficient (Wildman–Crippen LogP) is 2.89. The van der Waals surface area contributed by atoms with Crippen molar-refractivity contribution in [1.29, 1.82) is 0 Å². The van der Waals surface area contributed by atoms with Gasteiger partial charge in [0.2, 0.25) is 5.88 Å². The molecule has 0 aliphatic heterocycles. The Morgan fingerprint density at radius 2 is 1.86 bits per heavy atom. The summed E-state index contributed by atoms with van der Waals surface area (Å²) in [6, 6.07) is 13.4. The molecule has 0 bridgehead atoms. The average Bonchev–Trinajstić information content (AvgIpc) is 2.83. The fraction of sp³-hybridized carbons (Fsp3) is 0.0714. The first-order valence-electron chi connectivity index (χ1n) is 6.06. The Hall–Kier alpha value is -1.61. The molecular weight excluding hydrogens is 403 g/mol. The van der Waals surface area contributed by atoms with Crippen LogP contribution in [0.5, 0.6) is 5.88 Å². The lowest BCUT2D eigenvalue weighted by Gasteiger charge is -2.09. The van der Waals surface area contributed by atoms with Crippen LogP contribution in [-0.4, -0.2) is 24.5 Å². The first-order chi connectivity index (χ1) is 10.0. The second-order valence-electron chi connectivity index (χ2n) is 4.31. The van der Waals surface area contributed by atoms with Crippen LogP contribution in [0.2, 0.25) is 0 Å². The predicted molar refractivity (Wildman–Crippen MR) is 88.0 cm³/mol. The summed E-state index contributed by atoms with van der Waals surface area (Å²) in [6.07, 6.45) is 0. The summed E-state index contributed by atoms with van der Waals surface area (Å²) in [4.78, 5) is 4.52. The van der Waals surface area contributed by atoms with Gasteiger partial charge in [-0.1, -0.05) is 18.2 Å². The molecule has 1 aromatic carbocycles. The normalized spacial score (nSPS) is 11.7. The third-order valence-corrected chi connectivity index (χ3v) is 5.90. The number of benzene rings is 1. The summed E-state index contributed by atoms with van der Waals surface area (Å²) in [6.45, 7) is 0. The van der Waals surface area contributed by atoms with E-state index in [1.807, 2.05) is 22.6 Å². The number of fused-ring (bicyclic) bond motifs is 1. The zero-order chi connectivity index (χ0) is 15.0. The van der Waals surface area contributed by atoms with Gasteiger partial charge < -0.3 is 4.74 Å². The number of aromatic nitrogens is 2. The average molecular weight is 414 g/mol. The Labute approximate surface area is 135 Å². The Bertz CT molecular complexity index is 905. The lowest BCUT2D eigenvalue weighted by molar-refractivity contribution is 0.399. The molecule has 0 unspecified atom stereocenters. The van der Waals surface area contributed by atoms with Crippen LogP contribution < -0.4 is 4.74 Å². The summed E-state index contributed by atoms with van der Waals surface area (Å²) in [5.41, 5.74) is 1.11. The maximum absolute atomic E-state index is 12.8. The SMILES string of the molecule is COc1ccc2c(cc(I)n2S(=O)(=O)c2ccccc2)n1. The van der Waals surface area contributed by atoms with Crippen molar-refractivity contribution in [2.24, 2.45) is 0 Å². The molecule has 0 radical (unpaired) electrons. The van der Waals surface area contributed by atoms with E-state index in [-0.39, 0.29) is 4.90 Å². The van der Waals surface area contributed by atoms with Crippen LogP contribution in [0.4, 0.5) is 0 Å². The van der Waals surface area contributed by atoms with Gasteiger partial charge >= 0.3 is 0 Å². The molecule has 3 rings (SSSR count). The molecule has 0 saturated heterocycles. The highest BCUT2D eigenvalue weighted by Gasteiger charge is 2.22. The second kappa shape index (κ2) is 5.30. The molecule has 3 aromatic rings. The Balaban J connectivity index is 2.28. The van der Waals surface area contributed by atoms with Gasteiger partial charge in [-0.2, -0.15) is 0 Å². The van der Waals surface area contributed by atoms with E-state index in [0.717, 1.165) is 0 Å². The highest BCUT2D eigenvalue weighted by molar-refractivity contribution is 14.1. The van der Waals surface area contributed by atoms with Crippen molar-refractivity contribution in [3.05, 3.63) is 52.2 Å². The number of halogens is 1. The van der Waals surface area contributed by atoms with Crippen molar-refractivity contribution in [3.63, 3.8) is 0 Å². The Morgan fingerprint density at radius 1 is 1.14 bits per heavy atom. The molecule has 0 atom stereocenters. The smallest absolute Gasteiger partial charge is 0.269 e. The molecule has 7 heteroatoms. The molecule has 0 N–H and O–H groups in total. The molecular formula is C14H11IN2O3S. The first-order valence-corrected chi connectivity index (χ1v) is 8.58. The zero-order valence-electron chi connectivity index (χ0n) is 11.0. The number of ether oxygens (including phenoxy) is 1. The fourth-order valence-electron chi connectivity index (χ4n) is 2.07. The first kappa shape index (κ1) is 14.3. The van der Waals surface area contributed by atoms with Crippen molar-refractivity contribution in [3.8, 4) is 5.88 Å². The fourth-order valence-corrected chi connectivity index (χ4v) is 4.81. The van der Waals surface area contributed by atoms with Gasteiger partial charge in [-0.05, 0) is 46.9 Å². The lowest BCUT2D eigenvalue weighted by Crippen LogP contribution is -2.14. The van der Waals surface area contributed by atoms with Crippen molar-refractivity contribution in [2.45, 2.75) is 4.90 Å². The minimum absolute atomic E-state index is 0.247. The number of rotatable bonds is 3. The number of pyridine rings is 1. The van der Waals surface area contributed by atoms with Crippen LogP contribution in [0.15, 0.2) is 53.4 Å². The van der Waals surface area contributed by atoms with E-state index < -0.39 is 10.0 Å². The molecule has 0 fully saturated rings. The van der Waals surface area contributed by atoms with Crippen LogP contribution in [0.3, 0.4) is 0 Å². The van der Waals surface area contributed by atoms with E-state index >= 15 is 0 Å². The van der Waals surface area contributed by atoms with Crippen LogP contribution in [0.1, 0.15) is 0 Å². The van der Waals surface area contributed by atoms with E-state index in [1.54, 1.807) is 48.5 Å². The summed E-state index contributed by atoms with van der Waals surface area (Å²) >= 11 is 1.99. The molecule has 0 spiro atoms. The summed E-state index contributed by atoms with van der Waals surface area (Å²) in [7, 11) is -2.12. The van der Waals surface area contributed by atoms with Crippen molar-refractivity contribution >= 4 is 43.6 Å². The molecule has 0 aliphatic carbocycles. The molecule has 0 amide bonds. The summed E-state index contributed by atoms with van der Waals surface area (Å²) < 4.78 is 32.5. The van der Waals surface area contributed by atoms with E-state index in [0.29, 0.717) is 20.6 Å². The van der Waals surface area contributed by atoms with Gasteiger partial charge in [0.15, 0.2) is 0 Å². The second-order valence-corrected chi connectivity index (χ2v) is 7.20. The number of hydrogen-bond acceptors (Lipinski definition) is 4. The minimum atomic E-state index is -3.64. The maximum Gasteiger partial charge on any atom is 0.269 e. The standard InChI is InChI=1S/C14H11IN2O3S/c1-20-14-8-7-12-11(16-14)9-13(15)17(12)21(18,19)10-5-3-2-4-6-10/h2-9H,1H3. The summed E-state index contributed by atoms with van der Waals surface area (Å²) in [5, 5.41) is 0. The third kappa shape index (κ3) is 2.40. The van der Waals surface area contributed by atoms with Gasteiger partial charge in [-0.3, -0.25) is 0 Å². The van der Waals surface area contributed by atoms with Crippen LogP contribution >= 0.6 is 22.6 Å². The summed E-state index contributed by atoms with van der Waals surface area (Å²) in [5.74, 6) is 0.452. The minimum Gasteiger partial charge on any atom is -0.481 e. The molecule has 2 aromatic heterocycles. The highest BCUT2D eigenvalue weighted by Crippen LogP contribution is 2.27. The van der Waals surface area contributed by atoms with Crippen LogP contribution in [0, 0.1) is 3.70 Å². The van der Waals surface area contributed by atoms with Gasteiger partial charge in [0, 0.05) is 6.07 Å². The van der Waals surface area contributed by atoms with Gasteiger partial charge in [0.1, 0.15) is 0 Å². The van der Waals surface area contributed by atoms with Crippen LogP contribution in [-0.2, 0) is 10.0 Å². The van der Waals surface area contributed by atoms with E-state index in [1.165, 1.54) is 11.1 Å².